The quantitative estimate of drug-likeness (QED) is 0.620. The van der Waals surface area contributed by atoms with Crippen molar-refractivity contribution in [3.63, 3.8) is 0 Å². The van der Waals surface area contributed by atoms with E-state index < -0.39 is 23.3 Å². The third-order valence-corrected chi connectivity index (χ3v) is 4.40. The van der Waals surface area contributed by atoms with Crippen molar-refractivity contribution in [2.75, 3.05) is 16.8 Å². The first-order valence-corrected chi connectivity index (χ1v) is 7.40. The van der Waals surface area contributed by atoms with Gasteiger partial charge in [-0.25, -0.2) is 8.78 Å². The Kier molecular flexibility index (Phi) is 4.22. The number of alkyl halides is 1. The van der Waals surface area contributed by atoms with Crippen LogP contribution in [0.15, 0.2) is 12.1 Å². The highest BCUT2D eigenvalue weighted by molar-refractivity contribution is 9.09. The lowest BCUT2D eigenvalue weighted by atomic mass is 9.97. The van der Waals surface area contributed by atoms with E-state index in [0.717, 1.165) is 12.1 Å². The molecule has 0 bridgehead atoms. The molecule has 3 nitrogen and oxygen atoms in total. The molecule has 0 saturated carbocycles. The van der Waals surface area contributed by atoms with Gasteiger partial charge in [-0.15, -0.1) is 0 Å². The number of amides is 1. The summed E-state index contributed by atoms with van der Waals surface area (Å²) in [6.45, 7) is 4.30. The number of Topliss-reactive ketones (excluding diaryl/α,β-unsaturated/α-hetero) is 1. The van der Waals surface area contributed by atoms with Crippen LogP contribution in [0.2, 0.25) is 0 Å². The van der Waals surface area contributed by atoms with E-state index in [1.807, 2.05) is 13.8 Å². The highest BCUT2D eigenvalue weighted by atomic mass is 79.9. The molecular formula is C14H14BrF2NO2. The molecule has 0 saturated heterocycles. The van der Waals surface area contributed by atoms with E-state index in [0.29, 0.717) is 11.9 Å². The van der Waals surface area contributed by atoms with Crippen molar-refractivity contribution in [3.8, 4) is 0 Å². The number of anilines is 1. The van der Waals surface area contributed by atoms with Crippen LogP contribution in [0.25, 0.3) is 0 Å². The van der Waals surface area contributed by atoms with E-state index in [-0.39, 0.29) is 23.1 Å². The summed E-state index contributed by atoms with van der Waals surface area (Å²) in [7, 11) is 0. The van der Waals surface area contributed by atoms with Gasteiger partial charge in [-0.1, -0.05) is 29.8 Å². The van der Waals surface area contributed by atoms with Crippen LogP contribution in [0, 0.1) is 23.5 Å². The van der Waals surface area contributed by atoms with Gasteiger partial charge >= 0.3 is 0 Å². The van der Waals surface area contributed by atoms with Crippen LogP contribution in [0.3, 0.4) is 0 Å². The van der Waals surface area contributed by atoms with Crippen LogP contribution in [-0.2, 0) is 4.79 Å². The van der Waals surface area contributed by atoms with Gasteiger partial charge in [0, 0.05) is 17.9 Å². The van der Waals surface area contributed by atoms with Gasteiger partial charge in [0.1, 0.15) is 0 Å². The van der Waals surface area contributed by atoms with Crippen LogP contribution in [0.5, 0.6) is 0 Å². The zero-order valence-electron chi connectivity index (χ0n) is 11.1. The Morgan fingerprint density at radius 2 is 1.80 bits per heavy atom. The average molecular weight is 346 g/mol. The van der Waals surface area contributed by atoms with Crippen molar-refractivity contribution < 1.29 is 18.4 Å². The van der Waals surface area contributed by atoms with Gasteiger partial charge in [-0.3, -0.25) is 9.59 Å². The lowest BCUT2D eigenvalue weighted by Crippen LogP contribution is -2.36. The number of benzene rings is 1. The molecule has 0 radical (unpaired) electrons. The number of carbonyl (C=O) groups excluding carboxylic acids is 2. The predicted molar refractivity (Wildman–Crippen MR) is 75.2 cm³/mol. The molecule has 108 valence electrons. The fourth-order valence-electron chi connectivity index (χ4n) is 2.14. The third-order valence-electron chi connectivity index (χ3n) is 3.57. The van der Waals surface area contributed by atoms with Gasteiger partial charge in [0.25, 0.3) is 11.7 Å². The van der Waals surface area contributed by atoms with E-state index in [4.69, 9.17) is 0 Å². The molecule has 6 heteroatoms. The Morgan fingerprint density at radius 1 is 1.20 bits per heavy atom. The minimum absolute atomic E-state index is 0.0639. The van der Waals surface area contributed by atoms with Crippen LogP contribution in [-0.4, -0.2) is 23.6 Å². The smallest absolute Gasteiger partial charge is 0.299 e. The lowest BCUT2D eigenvalue weighted by Gasteiger charge is -2.25. The van der Waals surface area contributed by atoms with Crippen molar-refractivity contribution >= 4 is 33.3 Å². The van der Waals surface area contributed by atoms with Crippen molar-refractivity contribution in [2.24, 2.45) is 11.8 Å². The average Bonchev–Trinajstić information content (AvgIpc) is 2.61. The molecule has 1 aliphatic rings. The molecule has 1 atom stereocenters. The van der Waals surface area contributed by atoms with Gasteiger partial charge in [0.05, 0.1) is 11.3 Å². The summed E-state index contributed by atoms with van der Waals surface area (Å²) in [6.07, 6.45) is 0. The van der Waals surface area contributed by atoms with Crippen molar-refractivity contribution in [3.05, 3.63) is 29.3 Å². The molecule has 0 spiro atoms. The Morgan fingerprint density at radius 3 is 2.35 bits per heavy atom. The van der Waals surface area contributed by atoms with Crippen molar-refractivity contribution in [2.45, 2.75) is 13.8 Å². The number of carbonyl (C=O) groups is 2. The molecule has 1 heterocycles. The summed E-state index contributed by atoms with van der Waals surface area (Å²) in [5.41, 5.74) is 0.0940. The number of hydrogen-bond acceptors (Lipinski definition) is 2. The van der Waals surface area contributed by atoms with E-state index in [9.17, 15) is 18.4 Å². The summed E-state index contributed by atoms with van der Waals surface area (Å²) in [5, 5.41) is 0.654. The summed E-state index contributed by atoms with van der Waals surface area (Å²) in [6, 6.07) is 1.71. The molecule has 0 N–H and O–H groups in total. The summed E-state index contributed by atoms with van der Waals surface area (Å²) < 4.78 is 26.5. The molecular weight excluding hydrogens is 332 g/mol. The molecule has 1 aliphatic heterocycles. The fraction of sp³-hybridized carbons (Fsp3) is 0.429. The van der Waals surface area contributed by atoms with Gasteiger partial charge < -0.3 is 4.90 Å². The van der Waals surface area contributed by atoms with E-state index in [1.165, 1.54) is 4.90 Å². The Bertz CT molecular complexity index is 575. The second kappa shape index (κ2) is 5.60. The molecule has 0 fully saturated rings. The van der Waals surface area contributed by atoms with Gasteiger partial charge in [0.15, 0.2) is 11.6 Å². The molecule has 1 aromatic rings. The number of ketones is 1. The summed E-state index contributed by atoms with van der Waals surface area (Å²) in [4.78, 5) is 25.0. The minimum atomic E-state index is -1.12. The minimum Gasteiger partial charge on any atom is -0.304 e. The first-order chi connectivity index (χ1) is 9.36. The first-order valence-electron chi connectivity index (χ1n) is 6.28. The maximum Gasteiger partial charge on any atom is 0.299 e. The highest BCUT2D eigenvalue weighted by Crippen LogP contribution is 2.32. The predicted octanol–water partition coefficient (Wildman–Crippen LogP) is 3.16. The van der Waals surface area contributed by atoms with Crippen molar-refractivity contribution in [1.29, 1.82) is 0 Å². The normalized spacial score (nSPS) is 16.0. The second-order valence-electron chi connectivity index (χ2n) is 5.19. The standard InChI is InChI=1S/C14H14BrF2NO2/c1-7(2)8(5-15)6-18-12-4-11(17)10(16)3-9(12)13(19)14(18)20/h3-4,7-8H,5-6H2,1-2H3. The van der Waals surface area contributed by atoms with Gasteiger partial charge in [-0.2, -0.15) is 0 Å². The zero-order valence-corrected chi connectivity index (χ0v) is 12.7. The molecule has 1 aromatic carbocycles. The van der Waals surface area contributed by atoms with Gasteiger partial charge in [0.2, 0.25) is 0 Å². The number of hydrogen-bond donors (Lipinski definition) is 0. The topological polar surface area (TPSA) is 37.4 Å². The highest BCUT2D eigenvalue weighted by Gasteiger charge is 2.38. The monoisotopic (exact) mass is 345 g/mol. The molecule has 2 rings (SSSR count). The molecule has 1 amide bonds. The fourth-order valence-corrected chi connectivity index (χ4v) is 3.09. The molecule has 20 heavy (non-hydrogen) atoms. The molecule has 0 aromatic heterocycles. The van der Waals surface area contributed by atoms with E-state index in [2.05, 4.69) is 15.9 Å². The van der Waals surface area contributed by atoms with Crippen molar-refractivity contribution in [1.82, 2.24) is 0 Å². The number of nitrogens with zero attached hydrogens (tertiary/aromatic N) is 1. The Hall–Kier alpha value is -1.30. The lowest BCUT2D eigenvalue weighted by molar-refractivity contribution is -0.114. The zero-order chi connectivity index (χ0) is 15.0. The number of halogens is 3. The summed E-state index contributed by atoms with van der Waals surface area (Å²) >= 11 is 3.37. The van der Waals surface area contributed by atoms with Crippen LogP contribution in [0.4, 0.5) is 14.5 Å². The van der Waals surface area contributed by atoms with Crippen LogP contribution in [0.1, 0.15) is 24.2 Å². The van der Waals surface area contributed by atoms with E-state index >= 15 is 0 Å². The Balaban J connectivity index is 2.40. The summed E-state index contributed by atoms with van der Waals surface area (Å²) in [5.74, 6) is -3.28. The molecule has 0 aliphatic carbocycles. The number of rotatable bonds is 4. The van der Waals surface area contributed by atoms with Crippen LogP contribution < -0.4 is 4.90 Å². The third kappa shape index (κ3) is 2.49. The largest absolute Gasteiger partial charge is 0.304 e. The first kappa shape index (κ1) is 15.1. The maximum absolute atomic E-state index is 13.3. The Labute approximate surface area is 124 Å². The van der Waals surface area contributed by atoms with Gasteiger partial charge in [-0.05, 0) is 17.9 Å². The SMILES string of the molecule is CC(C)C(CBr)CN1C(=O)C(=O)c2cc(F)c(F)cc21. The van der Waals surface area contributed by atoms with Crippen LogP contribution >= 0.6 is 15.9 Å². The van der Waals surface area contributed by atoms with E-state index in [1.54, 1.807) is 0 Å². The second-order valence-corrected chi connectivity index (χ2v) is 5.83. The molecule has 1 unspecified atom stereocenters. The maximum atomic E-state index is 13.3. The number of fused-ring (bicyclic) bond motifs is 1.